The third-order valence-corrected chi connectivity index (χ3v) is 4.16. The third-order valence-electron chi connectivity index (χ3n) is 3.33. The maximum atomic E-state index is 12.2. The first-order chi connectivity index (χ1) is 11.3. The molecular formula is C18H14N3OS+. The van der Waals surface area contributed by atoms with E-state index < -0.39 is 0 Å². The molecule has 5 heteroatoms. The number of carbonyl (C=O) groups is 1. The highest BCUT2D eigenvalue weighted by Gasteiger charge is 2.13. The Morgan fingerprint density at radius 3 is 2.70 bits per heavy atom. The Bertz CT molecular complexity index is 865. The predicted octanol–water partition coefficient (Wildman–Crippen LogP) is 3.21. The lowest BCUT2D eigenvalue weighted by Gasteiger charge is -2.03. The number of aromatic nitrogens is 1. The summed E-state index contributed by atoms with van der Waals surface area (Å²) < 4.78 is 1.83. The molecule has 0 unspecified atom stereocenters. The molecular weight excluding hydrogens is 306 g/mol. The van der Waals surface area contributed by atoms with Gasteiger partial charge in [-0.05, 0) is 23.1 Å². The predicted molar refractivity (Wildman–Crippen MR) is 89.7 cm³/mol. The Morgan fingerprint density at radius 2 is 1.91 bits per heavy atom. The number of benzene rings is 1. The molecule has 0 atom stereocenters. The van der Waals surface area contributed by atoms with Crippen molar-refractivity contribution in [1.29, 1.82) is 5.26 Å². The molecule has 1 amide bonds. The molecule has 0 radical (unpaired) electrons. The molecule has 0 spiro atoms. The zero-order valence-electron chi connectivity index (χ0n) is 12.3. The number of thiophene rings is 1. The number of hydrogen-bond acceptors (Lipinski definition) is 3. The third kappa shape index (κ3) is 3.62. The minimum absolute atomic E-state index is 0.154. The van der Waals surface area contributed by atoms with Crippen molar-refractivity contribution in [2.24, 2.45) is 0 Å². The topological polar surface area (TPSA) is 56.8 Å². The van der Waals surface area contributed by atoms with Crippen LogP contribution in [0.2, 0.25) is 0 Å². The summed E-state index contributed by atoms with van der Waals surface area (Å²) in [6.45, 7) is 0.198. The fraction of sp³-hybridized carbons (Fsp3) is 0.0556. The van der Waals surface area contributed by atoms with Crippen molar-refractivity contribution < 1.29 is 9.36 Å². The van der Waals surface area contributed by atoms with Gasteiger partial charge in [-0.25, -0.2) is 0 Å². The number of amides is 1. The van der Waals surface area contributed by atoms with Gasteiger partial charge in [-0.2, -0.15) is 9.83 Å². The smallest absolute Gasteiger partial charge is 0.290 e. The molecule has 3 aromatic rings. The van der Waals surface area contributed by atoms with Crippen LogP contribution in [0.25, 0.3) is 11.1 Å². The van der Waals surface area contributed by atoms with E-state index in [0.29, 0.717) is 10.6 Å². The molecule has 0 aliphatic carbocycles. The highest BCUT2D eigenvalue weighted by Crippen LogP contribution is 2.22. The fourth-order valence-corrected chi connectivity index (χ4v) is 3.00. The quantitative estimate of drug-likeness (QED) is 0.750. The first-order valence-electron chi connectivity index (χ1n) is 7.08. The zero-order chi connectivity index (χ0) is 16.1. The van der Waals surface area contributed by atoms with E-state index in [1.165, 1.54) is 11.3 Å². The Kier molecular flexibility index (Phi) is 4.46. The van der Waals surface area contributed by atoms with Gasteiger partial charge in [-0.1, -0.05) is 30.3 Å². The number of rotatable bonds is 4. The van der Waals surface area contributed by atoms with Crippen LogP contribution in [0, 0.1) is 11.3 Å². The maximum Gasteiger partial charge on any atom is 0.290 e. The molecule has 1 aromatic carbocycles. The van der Waals surface area contributed by atoms with Gasteiger partial charge in [0.15, 0.2) is 12.4 Å². The molecule has 3 rings (SSSR count). The van der Waals surface area contributed by atoms with Crippen molar-refractivity contribution in [2.45, 2.75) is 6.54 Å². The summed E-state index contributed by atoms with van der Waals surface area (Å²) in [5.41, 5.74) is 2.65. The molecule has 0 saturated heterocycles. The summed E-state index contributed by atoms with van der Waals surface area (Å²) in [4.78, 5) is 12.2. The summed E-state index contributed by atoms with van der Waals surface area (Å²) in [6.07, 6.45) is 3.79. The first kappa shape index (κ1) is 14.9. The van der Waals surface area contributed by atoms with Gasteiger partial charge in [0.1, 0.15) is 11.1 Å². The first-order valence-corrected chi connectivity index (χ1v) is 7.96. The molecule has 0 bridgehead atoms. The molecule has 2 aromatic heterocycles. The Balaban J connectivity index is 1.73. The summed E-state index contributed by atoms with van der Waals surface area (Å²) in [5, 5.41) is 14.1. The molecule has 112 valence electrons. The van der Waals surface area contributed by atoms with E-state index in [1.54, 1.807) is 11.4 Å². The van der Waals surface area contributed by atoms with Gasteiger partial charge in [-0.3, -0.25) is 4.79 Å². The Labute approximate surface area is 138 Å². The van der Waals surface area contributed by atoms with Gasteiger partial charge in [0.25, 0.3) is 5.91 Å². The molecule has 0 fully saturated rings. The summed E-state index contributed by atoms with van der Waals surface area (Å²) >= 11 is 1.35. The summed E-state index contributed by atoms with van der Waals surface area (Å²) in [5.74, 6) is -0.154. The number of nitrogens with zero attached hydrogens (tertiary/aromatic N) is 2. The van der Waals surface area contributed by atoms with Crippen molar-refractivity contribution in [3.05, 3.63) is 71.9 Å². The molecule has 1 N–H and O–H groups in total. The van der Waals surface area contributed by atoms with Crippen LogP contribution < -0.4 is 9.88 Å². The van der Waals surface area contributed by atoms with Crippen LogP contribution in [0.15, 0.2) is 66.3 Å². The molecule has 23 heavy (non-hydrogen) atoms. The van der Waals surface area contributed by atoms with Crippen LogP contribution in [-0.2, 0) is 11.3 Å². The van der Waals surface area contributed by atoms with Crippen LogP contribution in [-0.4, -0.2) is 5.91 Å². The zero-order valence-corrected chi connectivity index (χ0v) is 13.1. The van der Waals surface area contributed by atoms with Gasteiger partial charge in [-0.15, -0.1) is 11.3 Å². The van der Waals surface area contributed by atoms with E-state index in [4.69, 9.17) is 5.26 Å². The highest BCUT2D eigenvalue weighted by molar-refractivity contribution is 7.14. The van der Waals surface area contributed by atoms with Crippen molar-refractivity contribution in [3.63, 3.8) is 0 Å². The van der Waals surface area contributed by atoms with E-state index in [1.807, 2.05) is 59.4 Å². The van der Waals surface area contributed by atoms with Crippen LogP contribution in [0.4, 0.5) is 5.00 Å². The average molecular weight is 320 g/mol. The molecule has 0 saturated carbocycles. The number of pyridine rings is 1. The largest absolute Gasteiger partial charge is 0.311 e. The monoisotopic (exact) mass is 320 g/mol. The van der Waals surface area contributed by atoms with Crippen LogP contribution in [0.3, 0.4) is 0 Å². The lowest BCUT2D eigenvalue weighted by atomic mass is 10.1. The maximum absolute atomic E-state index is 12.2. The Hall–Kier alpha value is -2.97. The molecule has 2 heterocycles. The van der Waals surface area contributed by atoms with Crippen molar-refractivity contribution in [3.8, 4) is 17.2 Å². The number of nitrogens with one attached hydrogen (secondary N) is 1. The lowest BCUT2D eigenvalue weighted by molar-refractivity contribution is -0.683. The number of carbonyl (C=O) groups excluding carboxylic acids is 1. The SMILES string of the molecule is N#Cc1ccsc1NC(=O)C[n+]1cccc(-c2ccccc2)c1. The summed E-state index contributed by atoms with van der Waals surface area (Å²) in [7, 11) is 0. The molecule has 4 nitrogen and oxygen atoms in total. The van der Waals surface area contributed by atoms with Crippen molar-refractivity contribution in [2.75, 3.05) is 5.32 Å². The normalized spacial score (nSPS) is 10.0. The van der Waals surface area contributed by atoms with Crippen LogP contribution in [0.1, 0.15) is 5.56 Å². The van der Waals surface area contributed by atoms with E-state index >= 15 is 0 Å². The van der Waals surface area contributed by atoms with E-state index in [-0.39, 0.29) is 12.5 Å². The van der Waals surface area contributed by atoms with Gasteiger partial charge >= 0.3 is 0 Å². The molecule has 0 aliphatic rings. The number of nitriles is 1. The van der Waals surface area contributed by atoms with Crippen molar-refractivity contribution >= 4 is 22.2 Å². The number of anilines is 1. The van der Waals surface area contributed by atoms with Gasteiger partial charge < -0.3 is 5.32 Å². The van der Waals surface area contributed by atoms with Gasteiger partial charge in [0.05, 0.1) is 5.56 Å². The Morgan fingerprint density at radius 1 is 1.13 bits per heavy atom. The average Bonchev–Trinajstić information content (AvgIpc) is 3.03. The van der Waals surface area contributed by atoms with Gasteiger partial charge in [0.2, 0.25) is 6.54 Å². The highest BCUT2D eigenvalue weighted by atomic mass is 32.1. The number of hydrogen-bond donors (Lipinski definition) is 1. The van der Waals surface area contributed by atoms with Crippen LogP contribution >= 0.6 is 11.3 Å². The molecule has 0 aliphatic heterocycles. The van der Waals surface area contributed by atoms with Crippen LogP contribution in [0.5, 0.6) is 0 Å². The second-order valence-corrected chi connectivity index (χ2v) is 5.87. The lowest BCUT2D eigenvalue weighted by Crippen LogP contribution is -2.39. The second-order valence-electron chi connectivity index (χ2n) is 4.95. The summed E-state index contributed by atoms with van der Waals surface area (Å²) in [6, 6.07) is 17.7. The van der Waals surface area contributed by atoms with Gasteiger partial charge in [0, 0.05) is 11.6 Å². The van der Waals surface area contributed by atoms with E-state index in [9.17, 15) is 4.79 Å². The van der Waals surface area contributed by atoms with Crippen molar-refractivity contribution in [1.82, 2.24) is 0 Å². The fourth-order valence-electron chi connectivity index (χ4n) is 2.25. The minimum Gasteiger partial charge on any atom is -0.311 e. The standard InChI is InChI=1S/C18H13N3OS/c19-11-15-8-10-23-18(15)20-17(22)13-21-9-4-7-16(12-21)14-5-2-1-3-6-14/h1-10,12H,13H2/p+1. The van der Waals surface area contributed by atoms with E-state index in [2.05, 4.69) is 11.4 Å². The second kappa shape index (κ2) is 6.86. The van der Waals surface area contributed by atoms with E-state index in [0.717, 1.165) is 11.1 Å². The minimum atomic E-state index is -0.154.